The van der Waals surface area contributed by atoms with E-state index in [2.05, 4.69) is 50.1 Å². The summed E-state index contributed by atoms with van der Waals surface area (Å²) in [6, 6.07) is 1.04. The molecule has 0 amide bonds. The lowest BCUT2D eigenvalue weighted by molar-refractivity contribution is 0.190. The molecular formula is C11H16BrClN4. The van der Waals surface area contributed by atoms with E-state index in [0.717, 1.165) is 29.7 Å². The van der Waals surface area contributed by atoms with Gasteiger partial charge >= 0.3 is 0 Å². The molecular weight excluding hydrogens is 304 g/mol. The zero-order valence-corrected chi connectivity index (χ0v) is 12.3. The molecule has 2 unspecified atom stereocenters. The van der Waals surface area contributed by atoms with Crippen LogP contribution in [0, 0.1) is 0 Å². The quantitative estimate of drug-likeness (QED) is 0.851. The molecule has 4 nitrogen and oxygen atoms in total. The van der Waals surface area contributed by atoms with Crippen LogP contribution in [0.1, 0.15) is 19.8 Å². The molecule has 94 valence electrons. The normalized spacial score (nSPS) is 25.9. The molecule has 1 N–H and O–H groups in total. The van der Waals surface area contributed by atoms with Gasteiger partial charge in [0.2, 0.25) is 5.28 Å². The Morgan fingerprint density at radius 1 is 1.59 bits per heavy atom. The Kier molecular flexibility index (Phi) is 4.22. The van der Waals surface area contributed by atoms with Crippen molar-refractivity contribution in [2.24, 2.45) is 0 Å². The molecule has 0 saturated carbocycles. The predicted octanol–water partition coefficient (Wildman–Crippen LogP) is 2.79. The fraction of sp³-hybridized carbons (Fsp3) is 0.636. The Morgan fingerprint density at radius 3 is 3.06 bits per heavy atom. The third-order valence-corrected chi connectivity index (χ3v) is 4.03. The number of hydrogen-bond donors (Lipinski definition) is 1. The van der Waals surface area contributed by atoms with Crippen LogP contribution in [0.4, 0.5) is 5.82 Å². The summed E-state index contributed by atoms with van der Waals surface area (Å²) in [4.78, 5) is 10.5. The van der Waals surface area contributed by atoms with Gasteiger partial charge in [0.15, 0.2) is 0 Å². The molecule has 6 heteroatoms. The number of nitrogens with one attached hydrogen (secondary N) is 1. The zero-order chi connectivity index (χ0) is 12.4. The number of anilines is 1. The molecule has 0 radical (unpaired) electrons. The molecule has 2 rings (SSSR count). The van der Waals surface area contributed by atoms with Crippen LogP contribution in [0.25, 0.3) is 0 Å². The molecule has 17 heavy (non-hydrogen) atoms. The summed E-state index contributed by atoms with van der Waals surface area (Å²) in [6.07, 6.45) is 3.91. The molecule has 0 spiro atoms. The van der Waals surface area contributed by atoms with Gasteiger partial charge in [-0.15, -0.1) is 0 Å². The number of aromatic nitrogens is 2. The minimum Gasteiger partial charge on any atom is -0.366 e. The van der Waals surface area contributed by atoms with Crippen LogP contribution in [-0.2, 0) is 0 Å². The molecule has 0 aliphatic carbocycles. The van der Waals surface area contributed by atoms with Crippen LogP contribution in [0.5, 0.6) is 0 Å². The second-order valence-corrected chi connectivity index (χ2v) is 5.72. The van der Waals surface area contributed by atoms with Gasteiger partial charge in [0.1, 0.15) is 5.82 Å². The van der Waals surface area contributed by atoms with E-state index in [9.17, 15) is 0 Å². The summed E-state index contributed by atoms with van der Waals surface area (Å²) in [7, 11) is 2.17. The van der Waals surface area contributed by atoms with E-state index < -0.39 is 0 Å². The van der Waals surface area contributed by atoms with Crippen molar-refractivity contribution in [2.45, 2.75) is 31.8 Å². The fourth-order valence-corrected chi connectivity index (χ4v) is 2.50. The topological polar surface area (TPSA) is 41.1 Å². The highest BCUT2D eigenvalue weighted by molar-refractivity contribution is 9.10. The minimum absolute atomic E-state index is 0.275. The van der Waals surface area contributed by atoms with Crippen LogP contribution < -0.4 is 5.32 Å². The van der Waals surface area contributed by atoms with Gasteiger partial charge in [-0.25, -0.2) is 4.98 Å². The van der Waals surface area contributed by atoms with Gasteiger partial charge in [-0.2, -0.15) is 4.98 Å². The van der Waals surface area contributed by atoms with Crippen LogP contribution in [0.15, 0.2) is 10.7 Å². The van der Waals surface area contributed by atoms with Crippen molar-refractivity contribution in [3.63, 3.8) is 0 Å². The first-order valence-electron chi connectivity index (χ1n) is 5.71. The number of piperidine rings is 1. The Labute approximate surface area is 115 Å². The lowest BCUT2D eigenvalue weighted by atomic mass is 9.99. The number of likely N-dealkylation sites (tertiary alicyclic amines) is 1. The zero-order valence-electron chi connectivity index (χ0n) is 9.95. The highest BCUT2D eigenvalue weighted by Crippen LogP contribution is 2.24. The van der Waals surface area contributed by atoms with Crippen LogP contribution >= 0.6 is 27.5 Å². The smallest absolute Gasteiger partial charge is 0.224 e. The Hall–Kier alpha value is -0.390. The molecule has 1 saturated heterocycles. The maximum absolute atomic E-state index is 5.80. The largest absolute Gasteiger partial charge is 0.366 e. The van der Waals surface area contributed by atoms with E-state index in [0.29, 0.717) is 12.1 Å². The van der Waals surface area contributed by atoms with Crippen molar-refractivity contribution in [3.8, 4) is 0 Å². The van der Waals surface area contributed by atoms with E-state index in [1.54, 1.807) is 6.20 Å². The summed E-state index contributed by atoms with van der Waals surface area (Å²) < 4.78 is 0.855. The lowest BCUT2D eigenvalue weighted by Crippen LogP contribution is -2.42. The number of nitrogens with zero attached hydrogens (tertiary/aromatic N) is 3. The van der Waals surface area contributed by atoms with Crippen molar-refractivity contribution in [3.05, 3.63) is 16.0 Å². The van der Waals surface area contributed by atoms with E-state index in [-0.39, 0.29) is 5.28 Å². The number of halogens is 2. The van der Waals surface area contributed by atoms with Crippen molar-refractivity contribution >= 4 is 33.3 Å². The molecule has 1 aliphatic rings. The van der Waals surface area contributed by atoms with Crippen molar-refractivity contribution in [1.82, 2.24) is 14.9 Å². The molecule has 0 aromatic carbocycles. The van der Waals surface area contributed by atoms with E-state index in [1.165, 1.54) is 0 Å². The van der Waals surface area contributed by atoms with Crippen LogP contribution in [0.3, 0.4) is 0 Å². The first-order valence-corrected chi connectivity index (χ1v) is 6.88. The Balaban J connectivity index is 2.03. The molecule has 1 aromatic rings. The molecule has 1 aliphatic heterocycles. The van der Waals surface area contributed by atoms with Crippen LogP contribution in [0.2, 0.25) is 5.28 Å². The summed E-state index contributed by atoms with van der Waals surface area (Å²) in [5.74, 6) is 0.784. The highest BCUT2D eigenvalue weighted by Gasteiger charge is 2.23. The summed E-state index contributed by atoms with van der Waals surface area (Å²) in [5, 5.41) is 3.71. The first-order chi connectivity index (χ1) is 8.06. The van der Waals surface area contributed by atoms with Crippen molar-refractivity contribution in [2.75, 3.05) is 18.9 Å². The Bertz CT molecular complexity index is 401. The van der Waals surface area contributed by atoms with Gasteiger partial charge < -0.3 is 10.2 Å². The second-order valence-electron chi connectivity index (χ2n) is 4.53. The summed E-state index contributed by atoms with van der Waals surface area (Å²) in [6.45, 7) is 3.35. The standard InChI is InChI=1S/C11H16BrClN4/c1-7-5-8(3-4-17(7)2)15-10-9(12)6-14-11(13)16-10/h6-8H,3-5H2,1-2H3,(H,14,15,16). The van der Waals surface area contributed by atoms with E-state index in [4.69, 9.17) is 11.6 Å². The minimum atomic E-state index is 0.275. The van der Waals surface area contributed by atoms with Gasteiger partial charge in [-0.1, -0.05) is 0 Å². The molecule has 1 fully saturated rings. The maximum atomic E-state index is 5.80. The monoisotopic (exact) mass is 318 g/mol. The maximum Gasteiger partial charge on any atom is 0.224 e. The number of rotatable bonds is 2. The average molecular weight is 320 g/mol. The first kappa shape index (κ1) is 13.1. The van der Waals surface area contributed by atoms with Gasteiger partial charge in [0.05, 0.1) is 4.47 Å². The summed E-state index contributed by atoms with van der Waals surface area (Å²) in [5.41, 5.74) is 0. The van der Waals surface area contributed by atoms with Crippen LogP contribution in [-0.4, -0.2) is 40.5 Å². The van der Waals surface area contributed by atoms with Crippen molar-refractivity contribution in [1.29, 1.82) is 0 Å². The predicted molar refractivity (Wildman–Crippen MR) is 73.5 cm³/mol. The van der Waals surface area contributed by atoms with Gasteiger partial charge in [0, 0.05) is 24.8 Å². The SMILES string of the molecule is CC1CC(Nc2nc(Cl)ncc2Br)CCN1C. The summed E-state index contributed by atoms with van der Waals surface area (Å²) >= 11 is 9.22. The Morgan fingerprint density at radius 2 is 2.35 bits per heavy atom. The molecule has 0 bridgehead atoms. The second kappa shape index (κ2) is 5.50. The van der Waals surface area contributed by atoms with Gasteiger partial charge in [-0.3, -0.25) is 0 Å². The van der Waals surface area contributed by atoms with Gasteiger partial charge in [-0.05, 0) is 54.3 Å². The lowest BCUT2D eigenvalue weighted by Gasteiger charge is -2.35. The third-order valence-electron chi connectivity index (χ3n) is 3.26. The molecule has 2 heterocycles. The molecule has 2 atom stereocenters. The number of hydrogen-bond acceptors (Lipinski definition) is 4. The van der Waals surface area contributed by atoms with Gasteiger partial charge in [0.25, 0.3) is 0 Å². The fourth-order valence-electron chi connectivity index (χ4n) is 2.06. The third kappa shape index (κ3) is 3.30. The van der Waals surface area contributed by atoms with E-state index in [1.807, 2.05) is 0 Å². The molecule has 1 aromatic heterocycles. The average Bonchev–Trinajstić information content (AvgIpc) is 2.29. The van der Waals surface area contributed by atoms with Crippen molar-refractivity contribution < 1.29 is 0 Å². The highest BCUT2D eigenvalue weighted by atomic mass is 79.9. The van der Waals surface area contributed by atoms with E-state index >= 15 is 0 Å².